The molecule has 0 amide bonds. The molecule has 0 fully saturated rings. The normalized spacial score (nSPS) is 10.3. The Morgan fingerprint density at radius 1 is 1.00 bits per heavy atom. The monoisotopic (exact) mass is 374 g/mol. The van der Waals surface area contributed by atoms with Crippen molar-refractivity contribution in [3.05, 3.63) is 50.4 Å². The average molecular weight is 376 g/mol. The van der Waals surface area contributed by atoms with E-state index in [0.29, 0.717) is 5.02 Å². The Hall–Kier alpha value is -0.710. The molecule has 0 unspecified atom stereocenters. The van der Waals surface area contributed by atoms with Crippen molar-refractivity contribution in [1.29, 1.82) is 0 Å². The number of anilines is 3. The molecule has 0 saturated heterocycles. The van der Waals surface area contributed by atoms with Crippen LogP contribution in [0.15, 0.2) is 45.3 Å². The van der Waals surface area contributed by atoms with E-state index in [4.69, 9.17) is 17.3 Å². The van der Waals surface area contributed by atoms with Crippen LogP contribution in [0.4, 0.5) is 17.1 Å². The number of hydrogen-bond donors (Lipinski definition) is 2. The lowest BCUT2D eigenvalue weighted by Crippen LogP contribution is -1.93. The van der Waals surface area contributed by atoms with Crippen molar-refractivity contribution in [3.8, 4) is 0 Å². The van der Waals surface area contributed by atoms with Crippen molar-refractivity contribution < 1.29 is 0 Å². The molecule has 0 aliphatic rings. The smallest absolute Gasteiger partial charge is 0.0568 e. The van der Waals surface area contributed by atoms with Crippen LogP contribution in [0.1, 0.15) is 0 Å². The number of rotatable bonds is 2. The van der Waals surface area contributed by atoms with Crippen molar-refractivity contribution in [2.45, 2.75) is 0 Å². The van der Waals surface area contributed by atoms with Gasteiger partial charge in [0, 0.05) is 20.3 Å². The molecule has 0 saturated carbocycles. The third-order valence-electron chi connectivity index (χ3n) is 2.19. The fraction of sp³-hybridized carbons (Fsp3) is 0. The number of halogens is 3. The molecule has 0 aromatic heterocycles. The third-order valence-corrected chi connectivity index (χ3v) is 4.08. The summed E-state index contributed by atoms with van der Waals surface area (Å²) in [6.07, 6.45) is 0. The molecule has 0 spiro atoms. The number of hydrogen-bond acceptors (Lipinski definition) is 2. The van der Waals surface area contributed by atoms with Crippen molar-refractivity contribution >= 4 is 60.5 Å². The summed E-state index contributed by atoms with van der Waals surface area (Å²) in [5, 5.41) is 3.93. The lowest BCUT2D eigenvalue weighted by molar-refractivity contribution is 1.51. The van der Waals surface area contributed by atoms with E-state index in [1.165, 1.54) is 0 Å². The Labute approximate surface area is 121 Å². The molecule has 0 atom stereocenters. The standard InChI is InChI=1S/C12H9Br2ClN2/c13-9-3-2-8(6-11(9)15)17-12-4-1-7(16)5-10(12)14/h1-6,17H,16H2. The molecule has 17 heavy (non-hydrogen) atoms. The Kier molecular flexibility index (Phi) is 3.97. The first-order valence-corrected chi connectivity index (χ1v) is 6.80. The van der Waals surface area contributed by atoms with Crippen LogP contribution in [0, 0.1) is 0 Å². The molecular formula is C12H9Br2ClN2. The van der Waals surface area contributed by atoms with Crippen LogP contribution in [0.2, 0.25) is 5.02 Å². The minimum absolute atomic E-state index is 0.668. The van der Waals surface area contributed by atoms with Crippen LogP contribution in [0.25, 0.3) is 0 Å². The number of benzene rings is 2. The molecule has 0 radical (unpaired) electrons. The second-order valence-corrected chi connectivity index (χ2v) is 5.61. The summed E-state index contributed by atoms with van der Waals surface area (Å²) in [6.45, 7) is 0. The molecular weight excluding hydrogens is 367 g/mol. The van der Waals surface area contributed by atoms with Crippen LogP contribution < -0.4 is 11.1 Å². The van der Waals surface area contributed by atoms with Gasteiger partial charge in [-0.3, -0.25) is 0 Å². The van der Waals surface area contributed by atoms with E-state index in [0.717, 1.165) is 26.0 Å². The molecule has 0 aliphatic carbocycles. The van der Waals surface area contributed by atoms with E-state index >= 15 is 0 Å². The first kappa shape index (κ1) is 12.7. The lowest BCUT2D eigenvalue weighted by atomic mass is 10.2. The highest BCUT2D eigenvalue weighted by atomic mass is 79.9. The quantitative estimate of drug-likeness (QED) is 0.708. The summed E-state index contributed by atoms with van der Waals surface area (Å²) in [5.74, 6) is 0. The predicted molar refractivity (Wildman–Crippen MR) is 81.0 cm³/mol. The zero-order chi connectivity index (χ0) is 12.4. The molecule has 2 rings (SSSR count). The first-order chi connectivity index (χ1) is 8.06. The molecule has 2 aromatic carbocycles. The van der Waals surface area contributed by atoms with Crippen LogP contribution >= 0.6 is 43.5 Å². The SMILES string of the molecule is Nc1ccc(Nc2ccc(Br)c(Cl)c2)c(Br)c1. The van der Waals surface area contributed by atoms with Gasteiger partial charge in [-0.2, -0.15) is 0 Å². The second kappa shape index (κ2) is 5.29. The Bertz CT molecular complexity index is 558. The van der Waals surface area contributed by atoms with Gasteiger partial charge in [-0.05, 0) is 68.3 Å². The number of nitrogen functional groups attached to an aromatic ring is 1. The molecule has 0 bridgehead atoms. The number of nitrogens with one attached hydrogen (secondary N) is 1. The maximum Gasteiger partial charge on any atom is 0.0568 e. The fourth-order valence-corrected chi connectivity index (χ4v) is 2.28. The minimum atomic E-state index is 0.668. The van der Waals surface area contributed by atoms with Gasteiger partial charge in [-0.1, -0.05) is 11.6 Å². The Balaban J connectivity index is 2.28. The van der Waals surface area contributed by atoms with E-state index in [1.807, 2.05) is 36.4 Å². The summed E-state index contributed by atoms with van der Waals surface area (Å²) >= 11 is 12.8. The van der Waals surface area contributed by atoms with E-state index in [9.17, 15) is 0 Å². The highest BCUT2D eigenvalue weighted by Crippen LogP contribution is 2.31. The van der Waals surface area contributed by atoms with E-state index in [-0.39, 0.29) is 0 Å². The number of nitrogens with two attached hydrogens (primary N) is 1. The van der Waals surface area contributed by atoms with Gasteiger partial charge in [0.05, 0.1) is 10.7 Å². The van der Waals surface area contributed by atoms with Gasteiger partial charge in [0.2, 0.25) is 0 Å². The molecule has 88 valence electrons. The maximum atomic E-state index is 6.03. The summed E-state index contributed by atoms with van der Waals surface area (Å²) in [5.41, 5.74) is 8.26. The molecule has 3 N–H and O–H groups in total. The van der Waals surface area contributed by atoms with Gasteiger partial charge in [0.15, 0.2) is 0 Å². The Morgan fingerprint density at radius 3 is 2.41 bits per heavy atom. The van der Waals surface area contributed by atoms with Crippen LogP contribution in [-0.4, -0.2) is 0 Å². The Morgan fingerprint density at radius 2 is 1.76 bits per heavy atom. The predicted octanol–water partition coefficient (Wildman–Crippen LogP) is 5.19. The maximum absolute atomic E-state index is 6.03. The fourth-order valence-electron chi connectivity index (χ4n) is 1.36. The van der Waals surface area contributed by atoms with Gasteiger partial charge in [0.1, 0.15) is 0 Å². The third kappa shape index (κ3) is 3.15. The highest BCUT2D eigenvalue weighted by molar-refractivity contribution is 9.11. The van der Waals surface area contributed by atoms with Crippen LogP contribution in [0.3, 0.4) is 0 Å². The van der Waals surface area contributed by atoms with Crippen molar-refractivity contribution in [1.82, 2.24) is 0 Å². The van der Waals surface area contributed by atoms with Crippen LogP contribution in [-0.2, 0) is 0 Å². The summed E-state index contributed by atoms with van der Waals surface area (Å²) < 4.78 is 1.79. The summed E-state index contributed by atoms with van der Waals surface area (Å²) in [4.78, 5) is 0. The van der Waals surface area contributed by atoms with Crippen molar-refractivity contribution in [2.24, 2.45) is 0 Å². The van der Waals surface area contributed by atoms with Crippen LogP contribution in [0.5, 0.6) is 0 Å². The summed E-state index contributed by atoms with van der Waals surface area (Å²) in [7, 11) is 0. The van der Waals surface area contributed by atoms with Gasteiger partial charge in [-0.15, -0.1) is 0 Å². The van der Waals surface area contributed by atoms with E-state index in [2.05, 4.69) is 37.2 Å². The van der Waals surface area contributed by atoms with Gasteiger partial charge in [-0.25, -0.2) is 0 Å². The van der Waals surface area contributed by atoms with E-state index in [1.54, 1.807) is 0 Å². The topological polar surface area (TPSA) is 38.0 Å². The molecule has 0 heterocycles. The largest absolute Gasteiger partial charge is 0.399 e. The minimum Gasteiger partial charge on any atom is -0.399 e. The lowest BCUT2D eigenvalue weighted by Gasteiger charge is -2.10. The van der Waals surface area contributed by atoms with Gasteiger partial charge in [0.25, 0.3) is 0 Å². The van der Waals surface area contributed by atoms with Crippen molar-refractivity contribution in [3.63, 3.8) is 0 Å². The molecule has 0 aliphatic heterocycles. The van der Waals surface area contributed by atoms with Gasteiger partial charge >= 0.3 is 0 Å². The molecule has 2 aromatic rings. The first-order valence-electron chi connectivity index (χ1n) is 4.83. The zero-order valence-electron chi connectivity index (χ0n) is 8.68. The second-order valence-electron chi connectivity index (χ2n) is 3.49. The average Bonchev–Trinajstić information content (AvgIpc) is 2.27. The van der Waals surface area contributed by atoms with E-state index < -0.39 is 0 Å². The highest BCUT2D eigenvalue weighted by Gasteiger charge is 2.03. The molecule has 5 heteroatoms. The zero-order valence-corrected chi connectivity index (χ0v) is 12.6. The summed E-state index contributed by atoms with van der Waals surface area (Å²) in [6, 6.07) is 11.3. The molecule has 2 nitrogen and oxygen atoms in total. The van der Waals surface area contributed by atoms with Crippen molar-refractivity contribution in [2.75, 3.05) is 11.1 Å². The van der Waals surface area contributed by atoms with Gasteiger partial charge < -0.3 is 11.1 Å².